The van der Waals surface area contributed by atoms with Crippen molar-refractivity contribution in [1.29, 1.82) is 0 Å². The van der Waals surface area contributed by atoms with E-state index < -0.39 is 18.4 Å². The van der Waals surface area contributed by atoms with Crippen LogP contribution >= 0.6 is 0 Å². The molecule has 0 saturated carbocycles. The minimum Gasteiger partial charge on any atom is -0.381 e. The molecular formula is C79H78N4O6Sn. The summed E-state index contributed by atoms with van der Waals surface area (Å²) in [5.41, 5.74) is 11.6. The molecule has 0 aliphatic rings. The third kappa shape index (κ3) is 19.8. The summed E-state index contributed by atoms with van der Waals surface area (Å²) in [5, 5.41) is 7.33. The molecule has 0 aliphatic heterocycles. The van der Waals surface area contributed by atoms with Gasteiger partial charge in [0.25, 0.3) is 0 Å². The smallest absolute Gasteiger partial charge is 0.0400 e. The van der Waals surface area contributed by atoms with Crippen LogP contribution in [0.5, 0.6) is 0 Å². The van der Waals surface area contributed by atoms with Gasteiger partial charge in [-0.1, -0.05) is 185 Å². The third-order valence-corrected chi connectivity index (χ3v) is 19.5. The minimum atomic E-state index is -2.45. The summed E-state index contributed by atoms with van der Waals surface area (Å²) in [7, 11) is 4.15. The molecule has 0 aliphatic carbocycles. The van der Waals surface area contributed by atoms with Gasteiger partial charge in [0.15, 0.2) is 0 Å². The van der Waals surface area contributed by atoms with Crippen LogP contribution in [0.4, 0.5) is 34.1 Å². The van der Waals surface area contributed by atoms with Crippen molar-refractivity contribution >= 4 is 106 Å². The van der Waals surface area contributed by atoms with Crippen molar-refractivity contribution in [2.75, 3.05) is 29.2 Å². The van der Waals surface area contributed by atoms with Gasteiger partial charge in [-0.2, -0.15) is 0 Å². The monoisotopic (exact) mass is 1300 g/mol. The molecule has 11 heteroatoms. The Labute approximate surface area is 532 Å². The first-order valence-corrected chi connectivity index (χ1v) is 38.9. The Hall–Kier alpha value is -10.4. The molecule has 0 saturated heterocycles. The van der Waals surface area contributed by atoms with Crippen molar-refractivity contribution in [3.8, 4) is 0 Å². The number of nitrogens with one attached hydrogen (secondary N) is 1. The molecule has 14 aromatic rings. The van der Waals surface area contributed by atoms with E-state index in [1.807, 2.05) is 146 Å². The predicted molar refractivity (Wildman–Crippen MR) is 383 cm³/mol. The molecule has 4 aromatic heterocycles. The number of benzene rings is 10. The van der Waals surface area contributed by atoms with E-state index in [4.69, 9.17) is 17.7 Å². The standard InChI is InChI=1S/3C13H13N.C13H11N.C11H6O3.C11H5O3.2CH4.3CH3.Sn/c2*1-14(12-8-4-2-5-9-12)13-10-6-3-7-11-13;2*1-3-7-12(8-4-1)11-14-13-9-5-2-6-10-13;2*12-11-2-1-7-5-8-3-4-13-9(8)6-10(7)14-11;;;;;;/h2*2-11H,1H3;1-10,14H,11H2;1-11H;1-6H;1-5H;2*1H4;3*1H3;/i;;;;;;;;;;;1+0. The average molecular weight is 1300 g/mol. The SMILES string of the molecule is C.C.C(=Nc1ccccc1)c1ccccc1.CN(c1ccccc1)c1ccccc1.CN(c1ccccc1)c1ccccc1.O=c1ccc2cc3ccoc3cc2o1.[CH3][119Sn]([CH3])([CH3])[c]1c2occc2cc2ccc(=O)oc12.c1ccc(CNc2ccccc2)cc1. The molecule has 1 N–H and O–H groups in total. The normalized spacial score (nSPS) is 10.4. The second kappa shape index (κ2) is 34.2. The van der Waals surface area contributed by atoms with Gasteiger partial charge < -0.3 is 24.0 Å². The maximum absolute atomic E-state index is 11.5. The van der Waals surface area contributed by atoms with E-state index >= 15 is 0 Å². The summed E-state index contributed by atoms with van der Waals surface area (Å²) in [4.78, 5) is 38.0. The summed E-state index contributed by atoms with van der Waals surface area (Å²) >= 11 is -2.45. The van der Waals surface area contributed by atoms with E-state index in [9.17, 15) is 9.59 Å². The summed E-state index contributed by atoms with van der Waals surface area (Å²) in [5.74, 6) is 0. The van der Waals surface area contributed by atoms with Gasteiger partial charge >= 0.3 is 114 Å². The first-order valence-electron chi connectivity index (χ1n) is 29.0. The Morgan fingerprint density at radius 2 is 0.811 bits per heavy atom. The molecule has 0 atom stereocenters. The van der Waals surface area contributed by atoms with E-state index in [1.54, 1.807) is 24.7 Å². The number of anilines is 5. The van der Waals surface area contributed by atoms with Crippen molar-refractivity contribution in [2.24, 2.45) is 4.99 Å². The number of para-hydroxylation sites is 6. The summed E-state index contributed by atoms with van der Waals surface area (Å²) in [6, 6.07) is 97.9. The first-order chi connectivity index (χ1) is 42.9. The fraction of sp³-hybridized carbons (Fsp3) is 0.101. The average Bonchev–Trinajstić information content (AvgIpc) is 1.58. The summed E-state index contributed by atoms with van der Waals surface area (Å²) in [6.45, 7) is 0.880. The number of rotatable bonds is 10. The van der Waals surface area contributed by atoms with Gasteiger partial charge in [-0.25, -0.2) is 4.79 Å². The molecule has 0 fully saturated rings. The Balaban J connectivity index is 0.000000153. The number of fused-ring (bicyclic) bond motifs is 4. The second-order valence-corrected chi connectivity index (χ2v) is 35.6. The Morgan fingerprint density at radius 3 is 1.32 bits per heavy atom. The number of hydrogen-bond acceptors (Lipinski definition) is 10. The van der Waals surface area contributed by atoms with E-state index in [0.29, 0.717) is 11.2 Å². The van der Waals surface area contributed by atoms with Gasteiger partial charge in [-0.3, -0.25) is 4.99 Å². The van der Waals surface area contributed by atoms with E-state index in [1.165, 1.54) is 40.4 Å². The quantitative estimate of drug-likeness (QED) is 0.0811. The largest absolute Gasteiger partial charge is 0.381 e. The molecule has 454 valence electrons. The number of nitrogens with zero attached hydrogens (tertiary/aromatic N) is 3. The van der Waals surface area contributed by atoms with Crippen molar-refractivity contribution in [3.05, 3.63) is 342 Å². The van der Waals surface area contributed by atoms with Crippen LogP contribution in [0.15, 0.2) is 342 Å². The van der Waals surface area contributed by atoms with Crippen molar-refractivity contribution < 1.29 is 17.7 Å². The molecule has 10 aromatic carbocycles. The Bertz CT molecular complexity index is 4240. The summed E-state index contributed by atoms with van der Waals surface area (Å²) in [6.07, 6.45) is 5.18. The van der Waals surface area contributed by atoms with E-state index in [0.717, 1.165) is 59.8 Å². The molecule has 14 rings (SSSR count). The third-order valence-electron chi connectivity index (χ3n) is 13.9. The molecule has 10 nitrogen and oxygen atoms in total. The Kier molecular flexibility index (Phi) is 25.5. The maximum atomic E-state index is 11.5. The molecule has 0 unspecified atom stereocenters. The van der Waals surface area contributed by atoms with Crippen LogP contribution < -0.4 is 29.9 Å². The van der Waals surface area contributed by atoms with Crippen LogP contribution in [0, 0.1) is 0 Å². The molecule has 90 heavy (non-hydrogen) atoms. The van der Waals surface area contributed by atoms with Crippen LogP contribution in [0.2, 0.25) is 14.8 Å². The van der Waals surface area contributed by atoms with Crippen molar-refractivity contribution in [3.63, 3.8) is 0 Å². The number of aliphatic imine (C=N–C) groups is 1. The zero-order valence-electron chi connectivity index (χ0n) is 50.0. The molecule has 0 amide bonds. The zero-order valence-corrected chi connectivity index (χ0v) is 52.9. The second-order valence-electron chi connectivity index (χ2n) is 21.3. The van der Waals surface area contributed by atoms with Crippen molar-refractivity contribution in [1.82, 2.24) is 0 Å². The minimum absolute atomic E-state index is 0. The molecule has 0 bridgehead atoms. The number of hydrogen-bond donors (Lipinski definition) is 1. The van der Waals surface area contributed by atoms with Crippen LogP contribution in [-0.2, 0) is 6.54 Å². The summed E-state index contributed by atoms with van der Waals surface area (Å²) < 4.78 is 22.4. The van der Waals surface area contributed by atoms with E-state index in [2.05, 4.69) is 182 Å². The fourth-order valence-electron chi connectivity index (χ4n) is 9.31. The Morgan fingerprint density at radius 1 is 0.411 bits per heavy atom. The van der Waals surface area contributed by atoms with Crippen LogP contribution in [0.1, 0.15) is 26.0 Å². The van der Waals surface area contributed by atoms with E-state index in [-0.39, 0.29) is 26.1 Å². The van der Waals surface area contributed by atoms with Gasteiger partial charge in [0, 0.05) is 78.2 Å². The predicted octanol–water partition coefficient (Wildman–Crippen LogP) is 20.5. The maximum Gasteiger partial charge on any atom is 0.0400 e. The number of furan rings is 2. The van der Waals surface area contributed by atoms with Gasteiger partial charge in [-0.15, -0.1) is 0 Å². The van der Waals surface area contributed by atoms with Crippen LogP contribution in [-0.4, -0.2) is 38.7 Å². The van der Waals surface area contributed by atoms with Crippen LogP contribution in [0.25, 0.3) is 43.9 Å². The van der Waals surface area contributed by atoms with Gasteiger partial charge in [0.05, 0.1) is 12.0 Å². The molecular weight excluding hydrogens is 1220 g/mol. The molecule has 4 heterocycles. The van der Waals surface area contributed by atoms with Gasteiger partial charge in [0.2, 0.25) is 0 Å². The fourth-order valence-corrected chi connectivity index (χ4v) is 14.3. The van der Waals surface area contributed by atoms with Gasteiger partial charge in [-0.05, 0) is 102 Å². The zero-order chi connectivity index (χ0) is 61.3. The first kappa shape index (κ1) is 67.1. The van der Waals surface area contributed by atoms with Gasteiger partial charge in [0.1, 0.15) is 11.2 Å². The van der Waals surface area contributed by atoms with Crippen molar-refractivity contribution in [2.45, 2.75) is 36.2 Å². The van der Waals surface area contributed by atoms with Crippen LogP contribution in [0.3, 0.4) is 0 Å². The topological polar surface area (TPSA) is 118 Å². The molecule has 0 spiro atoms. The molecule has 0 radical (unpaired) electrons.